The second-order valence-electron chi connectivity index (χ2n) is 15.5. The van der Waals surface area contributed by atoms with E-state index in [2.05, 4.69) is 63.7 Å². The minimum atomic E-state index is -0.914. The van der Waals surface area contributed by atoms with Crippen molar-refractivity contribution in [3.63, 3.8) is 0 Å². The fourth-order valence-electron chi connectivity index (χ4n) is 8.82. The topological polar surface area (TPSA) is 90.4 Å². The molecule has 50 heavy (non-hydrogen) atoms. The molecule has 1 spiro atoms. The van der Waals surface area contributed by atoms with Gasteiger partial charge in [0.25, 0.3) is 0 Å². The summed E-state index contributed by atoms with van der Waals surface area (Å²) in [5, 5.41) is 10.8. The molecule has 5 rings (SSSR count). The van der Waals surface area contributed by atoms with Crippen molar-refractivity contribution in [3.8, 4) is 5.75 Å². The molecule has 2 bridgehead atoms. The zero-order valence-electron chi connectivity index (χ0n) is 30.2. The Bertz CT molecular complexity index is 1580. The molecule has 2 aromatic carbocycles. The van der Waals surface area contributed by atoms with Gasteiger partial charge in [-0.1, -0.05) is 79.2 Å². The van der Waals surface area contributed by atoms with Crippen LogP contribution in [0, 0.1) is 17.3 Å². The van der Waals surface area contributed by atoms with Crippen LogP contribution in [0.2, 0.25) is 0 Å². The maximum absolute atomic E-state index is 15.4. The summed E-state index contributed by atoms with van der Waals surface area (Å²) >= 11 is 5.52. The van der Waals surface area contributed by atoms with Crippen molar-refractivity contribution in [2.24, 2.45) is 17.3 Å². The summed E-state index contributed by atoms with van der Waals surface area (Å²) in [6.07, 6.45) is 4.68. The number of aliphatic hydroxyl groups excluding tert-OH is 1. The van der Waals surface area contributed by atoms with E-state index in [1.165, 1.54) is 0 Å². The average molecular weight is 767 g/mol. The molecular weight excluding hydrogens is 714 g/mol. The quantitative estimate of drug-likeness (QED) is 0.164. The molecular formula is C40H52BrN3O5S. The van der Waals surface area contributed by atoms with E-state index in [-0.39, 0.29) is 46.4 Å². The maximum atomic E-state index is 15.4. The van der Waals surface area contributed by atoms with Gasteiger partial charge in [-0.15, -0.1) is 24.9 Å². The summed E-state index contributed by atoms with van der Waals surface area (Å²) in [5.74, 6) is -1.40. The smallest absolute Gasteiger partial charge is 0.247 e. The third-order valence-electron chi connectivity index (χ3n) is 10.2. The Balaban J connectivity index is 1.64. The molecule has 3 aliphatic rings. The maximum Gasteiger partial charge on any atom is 0.247 e. The van der Waals surface area contributed by atoms with Gasteiger partial charge in [0.1, 0.15) is 11.8 Å². The lowest BCUT2D eigenvalue weighted by atomic mass is 9.70. The molecule has 0 saturated carbocycles. The number of hydrogen-bond acceptors (Lipinski definition) is 6. The summed E-state index contributed by atoms with van der Waals surface area (Å²) in [7, 11) is 0. The van der Waals surface area contributed by atoms with E-state index in [0.717, 1.165) is 12.0 Å². The number of benzene rings is 2. The molecule has 0 aliphatic carbocycles. The van der Waals surface area contributed by atoms with E-state index < -0.39 is 34.2 Å². The highest BCUT2D eigenvalue weighted by Crippen LogP contribution is 2.69. The second kappa shape index (κ2) is 14.9. The molecule has 3 amide bonds. The van der Waals surface area contributed by atoms with Crippen LogP contribution < -0.4 is 9.64 Å². The van der Waals surface area contributed by atoms with Gasteiger partial charge in [0.05, 0.1) is 35.8 Å². The van der Waals surface area contributed by atoms with Gasteiger partial charge < -0.3 is 24.5 Å². The third-order valence-corrected chi connectivity index (χ3v) is 13.5. The number of amides is 3. The van der Waals surface area contributed by atoms with E-state index in [1.807, 2.05) is 66.4 Å². The number of aliphatic hydroxyl groups is 1. The van der Waals surface area contributed by atoms with Crippen molar-refractivity contribution in [1.29, 1.82) is 0 Å². The van der Waals surface area contributed by atoms with Gasteiger partial charge in [0.2, 0.25) is 17.7 Å². The fraction of sp³-hybridized carbons (Fsp3) is 0.525. The van der Waals surface area contributed by atoms with E-state index in [1.54, 1.807) is 33.7 Å². The SMILES string of the molecule is C=CCN(C(=O)[C@H]1[C@@H]2SC3(CC2Br)C(C(=O)N(CC=C)C(C)(C)CC(C)(C)C)N([C@H](CO)c2ccccc2)C(=O)[C@H]13)c1ccc(OCC)cc1. The Kier molecular flexibility index (Phi) is 11.4. The summed E-state index contributed by atoms with van der Waals surface area (Å²) < 4.78 is 4.74. The Morgan fingerprint density at radius 1 is 1.06 bits per heavy atom. The first-order valence-corrected chi connectivity index (χ1v) is 19.3. The number of thioether (sulfide) groups is 1. The number of fused-ring (bicyclic) bond motifs is 1. The van der Waals surface area contributed by atoms with Crippen LogP contribution in [-0.4, -0.2) is 85.3 Å². The van der Waals surface area contributed by atoms with Gasteiger partial charge in [-0.05, 0) is 68.9 Å². The standard InChI is InChI=1S/C40H52BrN3O5S/c1-9-21-42(27-17-19-28(20-18-27)49-11-3)35(46)31-32-36(47)44(30(24-45)26-15-13-12-14-16-26)34(40(32)23-29(41)33(31)50-40)37(48)43(22-10-2)39(7,8)25-38(4,5)6/h9-10,12-20,29-34,45H,1-2,11,21-25H2,3-8H3/t29?,30-,31-,32+,33-,34?,40?/m1/s1. The molecule has 2 aromatic rings. The Labute approximate surface area is 310 Å². The van der Waals surface area contributed by atoms with Crippen molar-refractivity contribution >= 4 is 51.1 Å². The Morgan fingerprint density at radius 3 is 2.26 bits per heavy atom. The van der Waals surface area contributed by atoms with Gasteiger partial charge in [0.15, 0.2) is 0 Å². The van der Waals surface area contributed by atoms with Crippen LogP contribution in [0.25, 0.3) is 0 Å². The number of nitrogens with zero attached hydrogens (tertiary/aromatic N) is 3. The number of rotatable bonds is 14. The van der Waals surface area contributed by atoms with Gasteiger partial charge in [0, 0.05) is 34.4 Å². The zero-order valence-corrected chi connectivity index (χ0v) is 32.6. The number of anilines is 1. The molecule has 7 atom stereocenters. The van der Waals surface area contributed by atoms with Crippen LogP contribution in [-0.2, 0) is 14.4 Å². The van der Waals surface area contributed by atoms with Crippen LogP contribution in [0.3, 0.4) is 0 Å². The summed E-state index contributed by atoms with van der Waals surface area (Å²) in [6, 6.07) is 15.1. The summed E-state index contributed by atoms with van der Waals surface area (Å²) in [4.78, 5) is 50.5. The molecule has 270 valence electrons. The molecule has 1 N–H and O–H groups in total. The molecule has 3 heterocycles. The normalized spacial score (nSPS) is 26.4. The fourth-order valence-corrected chi connectivity index (χ4v) is 12.4. The highest BCUT2D eigenvalue weighted by molar-refractivity contribution is 9.09. The van der Waals surface area contributed by atoms with Crippen LogP contribution in [0.15, 0.2) is 79.9 Å². The monoisotopic (exact) mass is 765 g/mol. The Hall–Kier alpha value is -3.08. The van der Waals surface area contributed by atoms with Crippen molar-refractivity contribution in [2.75, 3.05) is 31.2 Å². The minimum Gasteiger partial charge on any atom is -0.494 e. The minimum absolute atomic E-state index is 0.0820. The van der Waals surface area contributed by atoms with Gasteiger partial charge in [-0.2, -0.15) is 0 Å². The first kappa shape index (κ1) is 38.2. The van der Waals surface area contributed by atoms with Crippen LogP contribution in [0.5, 0.6) is 5.75 Å². The number of carbonyl (C=O) groups excluding carboxylic acids is 3. The lowest BCUT2D eigenvalue weighted by Gasteiger charge is -2.46. The van der Waals surface area contributed by atoms with Crippen LogP contribution >= 0.6 is 27.7 Å². The molecule has 3 aliphatic heterocycles. The summed E-state index contributed by atoms with van der Waals surface area (Å²) in [5.41, 5.74) is 0.760. The summed E-state index contributed by atoms with van der Waals surface area (Å²) in [6.45, 7) is 21.2. The van der Waals surface area contributed by atoms with E-state index in [9.17, 15) is 9.90 Å². The predicted octanol–water partition coefficient (Wildman–Crippen LogP) is 7.03. The van der Waals surface area contributed by atoms with Crippen molar-refractivity contribution in [3.05, 3.63) is 85.5 Å². The lowest BCUT2D eigenvalue weighted by molar-refractivity contribution is -0.149. The number of hydrogen-bond donors (Lipinski definition) is 1. The lowest BCUT2D eigenvalue weighted by Crippen LogP contribution is -2.61. The molecule has 3 saturated heterocycles. The highest BCUT2D eigenvalue weighted by Gasteiger charge is 2.77. The number of ether oxygens (including phenoxy) is 1. The molecule has 10 heteroatoms. The number of carbonyl (C=O) groups is 3. The van der Waals surface area contributed by atoms with Crippen molar-refractivity contribution < 1.29 is 24.2 Å². The molecule has 3 fully saturated rings. The molecule has 3 unspecified atom stereocenters. The highest BCUT2D eigenvalue weighted by atomic mass is 79.9. The van der Waals surface area contributed by atoms with Crippen molar-refractivity contribution in [1.82, 2.24) is 9.80 Å². The average Bonchev–Trinajstić information content (AvgIpc) is 3.65. The van der Waals surface area contributed by atoms with Gasteiger partial charge >= 0.3 is 0 Å². The van der Waals surface area contributed by atoms with E-state index >= 15 is 9.59 Å². The van der Waals surface area contributed by atoms with Crippen molar-refractivity contribution in [2.45, 2.75) is 86.8 Å². The van der Waals surface area contributed by atoms with E-state index in [0.29, 0.717) is 31.0 Å². The number of halogens is 1. The van der Waals surface area contributed by atoms with Crippen LogP contribution in [0.4, 0.5) is 5.69 Å². The zero-order chi connectivity index (χ0) is 36.6. The predicted molar refractivity (Wildman–Crippen MR) is 206 cm³/mol. The van der Waals surface area contributed by atoms with Gasteiger partial charge in [-0.3, -0.25) is 14.4 Å². The first-order valence-electron chi connectivity index (χ1n) is 17.5. The number of alkyl halides is 1. The third kappa shape index (κ3) is 6.92. The number of likely N-dealkylation sites (tertiary alicyclic amines) is 1. The van der Waals surface area contributed by atoms with E-state index in [4.69, 9.17) is 4.74 Å². The Morgan fingerprint density at radius 2 is 1.70 bits per heavy atom. The molecule has 8 nitrogen and oxygen atoms in total. The molecule has 0 aromatic heterocycles. The van der Waals surface area contributed by atoms with Gasteiger partial charge in [-0.25, -0.2) is 0 Å². The second-order valence-corrected chi connectivity index (χ2v) is 18.2. The van der Waals surface area contributed by atoms with Crippen LogP contribution in [0.1, 0.15) is 66.0 Å². The first-order chi connectivity index (χ1) is 23.7. The molecule has 0 radical (unpaired) electrons. The largest absolute Gasteiger partial charge is 0.494 e.